The van der Waals surface area contributed by atoms with Crippen molar-refractivity contribution in [1.82, 2.24) is 9.62 Å². The molecule has 0 aromatic heterocycles. The highest BCUT2D eigenvalue weighted by Crippen LogP contribution is 2.20. The summed E-state index contributed by atoms with van der Waals surface area (Å²) in [7, 11) is -1.86. The minimum atomic E-state index is -3.48. The van der Waals surface area contributed by atoms with Crippen molar-refractivity contribution in [1.29, 1.82) is 5.26 Å². The molecule has 102 valence electrons. The van der Waals surface area contributed by atoms with Gasteiger partial charge in [-0.25, -0.2) is 8.42 Å². The summed E-state index contributed by atoms with van der Waals surface area (Å²) in [4.78, 5) is 0.236. The Kier molecular flexibility index (Phi) is 4.20. The van der Waals surface area contributed by atoms with E-state index in [0.717, 1.165) is 19.4 Å². The van der Waals surface area contributed by atoms with Crippen molar-refractivity contribution >= 4 is 10.0 Å². The Labute approximate surface area is 113 Å². The van der Waals surface area contributed by atoms with Crippen LogP contribution in [0.5, 0.6) is 0 Å². The van der Waals surface area contributed by atoms with Crippen molar-refractivity contribution in [2.75, 3.05) is 20.1 Å². The molecule has 1 aliphatic heterocycles. The second kappa shape index (κ2) is 5.70. The number of hydrogen-bond donors (Lipinski definition) is 1. The van der Waals surface area contributed by atoms with Gasteiger partial charge in [0.15, 0.2) is 0 Å². The molecule has 0 spiro atoms. The van der Waals surface area contributed by atoms with E-state index < -0.39 is 10.0 Å². The van der Waals surface area contributed by atoms with Crippen molar-refractivity contribution in [3.05, 3.63) is 29.8 Å². The molecule has 0 amide bonds. The van der Waals surface area contributed by atoms with Gasteiger partial charge in [-0.1, -0.05) is 0 Å². The van der Waals surface area contributed by atoms with Gasteiger partial charge in [-0.3, -0.25) is 0 Å². The van der Waals surface area contributed by atoms with Crippen molar-refractivity contribution in [3.8, 4) is 6.07 Å². The number of piperidine rings is 1. The second-order valence-electron chi connectivity index (χ2n) is 4.66. The van der Waals surface area contributed by atoms with E-state index in [-0.39, 0.29) is 10.9 Å². The summed E-state index contributed by atoms with van der Waals surface area (Å²) in [5, 5.41) is 11.9. The zero-order chi connectivity index (χ0) is 13.9. The molecule has 1 aromatic carbocycles. The summed E-state index contributed by atoms with van der Waals surface area (Å²) in [5.41, 5.74) is 0.459. The zero-order valence-corrected chi connectivity index (χ0v) is 11.7. The predicted molar refractivity (Wildman–Crippen MR) is 72.0 cm³/mol. The summed E-state index contributed by atoms with van der Waals surface area (Å²) in [6.07, 6.45) is 1.86. The molecular weight excluding hydrogens is 262 g/mol. The van der Waals surface area contributed by atoms with Crippen LogP contribution >= 0.6 is 0 Å². The van der Waals surface area contributed by atoms with E-state index >= 15 is 0 Å². The Morgan fingerprint density at radius 3 is 2.58 bits per heavy atom. The molecule has 1 heterocycles. The number of sulfonamides is 1. The number of likely N-dealkylation sites (N-methyl/N-ethyl adjacent to an activating group) is 1. The van der Waals surface area contributed by atoms with Gasteiger partial charge in [0, 0.05) is 19.6 Å². The molecule has 0 aliphatic carbocycles. The Morgan fingerprint density at radius 2 is 2.05 bits per heavy atom. The van der Waals surface area contributed by atoms with Crippen molar-refractivity contribution in [2.24, 2.45) is 0 Å². The molecule has 5 nitrogen and oxygen atoms in total. The Balaban J connectivity index is 2.22. The number of benzene rings is 1. The van der Waals surface area contributed by atoms with Gasteiger partial charge in [-0.15, -0.1) is 0 Å². The minimum Gasteiger partial charge on any atom is -0.315 e. The first-order valence-electron chi connectivity index (χ1n) is 6.24. The van der Waals surface area contributed by atoms with E-state index in [0.29, 0.717) is 12.1 Å². The molecule has 19 heavy (non-hydrogen) atoms. The van der Waals surface area contributed by atoms with Crippen LogP contribution in [-0.2, 0) is 10.0 Å². The smallest absolute Gasteiger partial charge is 0.243 e. The third-order valence-electron chi connectivity index (χ3n) is 3.45. The van der Waals surface area contributed by atoms with Crippen LogP contribution in [0.25, 0.3) is 0 Å². The van der Waals surface area contributed by atoms with E-state index in [4.69, 9.17) is 5.26 Å². The van der Waals surface area contributed by atoms with Crippen LogP contribution in [0, 0.1) is 11.3 Å². The van der Waals surface area contributed by atoms with Gasteiger partial charge in [-0.2, -0.15) is 9.57 Å². The first-order valence-corrected chi connectivity index (χ1v) is 7.68. The Bertz CT molecular complexity index is 569. The molecule has 1 aliphatic rings. The van der Waals surface area contributed by atoms with E-state index in [9.17, 15) is 8.42 Å². The fourth-order valence-corrected chi connectivity index (χ4v) is 3.59. The lowest BCUT2D eigenvalue weighted by atomic mass is 10.1. The molecule has 1 saturated heterocycles. The van der Waals surface area contributed by atoms with E-state index in [2.05, 4.69) is 5.32 Å². The lowest BCUT2D eigenvalue weighted by Gasteiger charge is -2.30. The van der Waals surface area contributed by atoms with Crippen LogP contribution in [0.2, 0.25) is 0 Å². The SMILES string of the molecule is CN(C1CCCNC1)S(=O)(=O)c1ccc(C#N)cc1. The quantitative estimate of drug-likeness (QED) is 0.893. The summed E-state index contributed by atoms with van der Waals surface area (Å²) >= 11 is 0. The fourth-order valence-electron chi connectivity index (χ4n) is 2.21. The maximum absolute atomic E-state index is 12.4. The van der Waals surface area contributed by atoms with Gasteiger partial charge in [0.25, 0.3) is 0 Å². The Hall–Kier alpha value is -1.42. The van der Waals surface area contributed by atoms with Gasteiger partial charge in [0.05, 0.1) is 16.5 Å². The van der Waals surface area contributed by atoms with Gasteiger partial charge < -0.3 is 5.32 Å². The zero-order valence-electron chi connectivity index (χ0n) is 10.8. The number of rotatable bonds is 3. The normalized spacial score (nSPS) is 20.2. The Morgan fingerprint density at radius 1 is 1.37 bits per heavy atom. The number of nitriles is 1. The first-order chi connectivity index (χ1) is 9.05. The van der Waals surface area contributed by atoms with Gasteiger partial charge in [-0.05, 0) is 43.7 Å². The maximum atomic E-state index is 12.4. The molecule has 6 heteroatoms. The molecule has 2 rings (SSSR count). The lowest BCUT2D eigenvalue weighted by Crippen LogP contribution is -2.46. The topological polar surface area (TPSA) is 73.2 Å². The van der Waals surface area contributed by atoms with Crippen LogP contribution in [0.15, 0.2) is 29.2 Å². The maximum Gasteiger partial charge on any atom is 0.243 e. The van der Waals surface area contributed by atoms with E-state index in [1.807, 2.05) is 6.07 Å². The molecule has 0 radical (unpaired) electrons. The molecular formula is C13H17N3O2S. The average Bonchev–Trinajstić information content (AvgIpc) is 2.47. The molecule has 0 bridgehead atoms. The summed E-state index contributed by atoms with van der Waals surface area (Å²) in [6.45, 7) is 1.63. The summed E-state index contributed by atoms with van der Waals surface area (Å²) in [5.74, 6) is 0. The predicted octanol–water partition coefficient (Wildman–Crippen LogP) is 0.931. The second-order valence-corrected chi connectivity index (χ2v) is 6.66. The highest BCUT2D eigenvalue weighted by molar-refractivity contribution is 7.89. The minimum absolute atomic E-state index is 0.00519. The fraction of sp³-hybridized carbons (Fsp3) is 0.462. The molecule has 0 saturated carbocycles. The van der Waals surface area contributed by atoms with Crippen LogP contribution in [0.1, 0.15) is 18.4 Å². The van der Waals surface area contributed by atoms with Crippen LogP contribution in [0.3, 0.4) is 0 Å². The van der Waals surface area contributed by atoms with E-state index in [1.54, 1.807) is 7.05 Å². The van der Waals surface area contributed by atoms with E-state index in [1.165, 1.54) is 28.6 Å². The van der Waals surface area contributed by atoms with Crippen LogP contribution in [0.4, 0.5) is 0 Å². The third kappa shape index (κ3) is 2.95. The van der Waals surface area contributed by atoms with Crippen molar-refractivity contribution in [3.63, 3.8) is 0 Å². The monoisotopic (exact) mass is 279 g/mol. The summed E-state index contributed by atoms with van der Waals surface area (Å²) < 4.78 is 26.3. The molecule has 1 unspecified atom stereocenters. The average molecular weight is 279 g/mol. The standard InChI is InChI=1S/C13H17N3O2S/c1-16(12-3-2-8-15-10-12)19(17,18)13-6-4-11(9-14)5-7-13/h4-7,12,15H,2-3,8,10H2,1H3. The van der Waals surface area contributed by atoms with Gasteiger partial charge in [0.1, 0.15) is 0 Å². The highest BCUT2D eigenvalue weighted by atomic mass is 32.2. The first kappa shape index (κ1) is 14.0. The van der Waals surface area contributed by atoms with Crippen molar-refractivity contribution in [2.45, 2.75) is 23.8 Å². The molecule has 1 aromatic rings. The van der Waals surface area contributed by atoms with Crippen LogP contribution < -0.4 is 5.32 Å². The lowest BCUT2D eigenvalue weighted by molar-refractivity contribution is 0.300. The van der Waals surface area contributed by atoms with Crippen LogP contribution in [-0.4, -0.2) is 38.9 Å². The number of nitrogens with one attached hydrogen (secondary N) is 1. The number of nitrogens with zero attached hydrogens (tertiary/aromatic N) is 2. The molecule has 1 atom stereocenters. The number of hydrogen-bond acceptors (Lipinski definition) is 4. The molecule has 1 N–H and O–H groups in total. The van der Waals surface area contributed by atoms with Gasteiger partial charge in [0.2, 0.25) is 10.0 Å². The van der Waals surface area contributed by atoms with Gasteiger partial charge >= 0.3 is 0 Å². The van der Waals surface area contributed by atoms with Crippen molar-refractivity contribution < 1.29 is 8.42 Å². The largest absolute Gasteiger partial charge is 0.315 e. The summed E-state index contributed by atoms with van der Waals surface area (Å²) in [6, 6.07) is 8.00. The third-order valence-corrected chi connectivity index (χ3v) is 5.37. The highest BCUT2D eigenvalue weighted by Gasteiger charge is 2.28. The molecule has 1 fully saturated rings.